The Labute approximate surface area is 188 Å². The zero-order chi connectivity index (χ0) is 22.0. The van der Waals surface area contributed by atoms with Crippen molar-refractivity contribution in [2.45, 2.75) is 6.04 Å². The largest absolute Gasteiger partial charge is 0.507 e. The van der Waals surface area contributed by atoms with E-state index in [9.17, 15) is 19.1 Å². The van der Waals surface area contributed by atoms with E-state index in [1.807, 2.05) is 0 Å². The number of hydrogen-bond acceptors (Lipinski definition) is 5. The van der Waals surface area contributed by atoms with Gasteiger partial charge in [-0.3, -0.25) is 14.5 Å². The van der Waals surface area contributed by atoms with Crippen molar-refractivity contribution in [3.8, 4) is 0 Å². The molecule has 1 unspecified atom stereocenters. The van der Waals surface area contributed by atoms with Gasteiger partial charge < -0.3 is 14.7 Å². The molecule has 31 heavy (non-hydrogen) atoms. The van der Waals surface area contributed by atoms with Gasteiger partial charge in [-0.2, -0.15) is 0 Å². The average Bonchev–Trinajstić information content (AvgIpc) is 3.03. The van der Waals surface area contributed by atoms with Crippen molar-refractivity contribution in [2.24, 2.45) is 0 Å². The summed E-state index contributed by atoms with van der Waals surface area (Å²) in [6.45, 7) is 3.57. The van der Waals surface area contributed by atoms with Crippen molar-refractivity contribution in [3.05, 3.63) is 75.5 Å². The normalized spacial score (nSPS) is 21.6. The summed E-state index contributed by atoms with van der Waals surface area (Å²) in [7, 11) is 0. The molecule has 6 nitrogen and oxygen atoms in total. The summed E-state index contributed by atoms with van der Waals surface area (Å²) in [5.74, 6) is -2.20. The Morgan fingerprint density at radius 3 is 2.48 bits per heavy atom. The second-order valence-corrected chi connectivity index (χ2v) is 8.42. The Hall–Kier alpha value is -2.55. The first-order valence-electron chi connectivity index (χ1n) is 10.1. The van der Waals surface area contributed by atoms with Gasteiger partial charge in [0, 0.05) is 36.2 Å². The Morgan fingerprint density at radius 1 is 1.10 bits per heavy atom. The summed E-state index contributed by atoms with van der Waals surface area (Å²) in [6.07, 6.45) is 0. The fraction of sp³-hybridized carbons (Fsp3) is 0.304. The quantitative estimate of drug-likeness (QED) is 0.397. The van der Waals surface area contributed by atoms with Crippen molar-refractivity contribution in [1.82, 2.24) is 9.80 Å². The lowest BCUT2D eigenvalue weighted by Gasteiger charge is -2.31. The summed E-state index contributed by atoms with van der Waals surface area (Å²) >= 11 is 3.34. The van der Waals surface area contributed by atoms with Crippen LogP contribution in [0.3, 0.4) is 0 Å². The molecular formula is C23H22BrFN2O4. The number of rotatable bonds is 5. The summed E-state index contributed by atoms with van der Waals surface area (Å²) in [4.78, 5) is 29.5. The predicted molar refractivity (Wildman–Crippen MR) is 117 cm³/mol. The third-order valence-corrected chi connectivity index (χ3v) is 6.11. The number of morpholine rings is 1. The van der Waals surface area contributed by atoms with E-state index in [0.29, 0.717) is 30.9 Å². The molecule has 2 saturated heterocycles. The van der Waals surface area contributed by atoms with Gasteiger partial charge in [-0.15, -0.1) is 0 Å². The van der Waals surface area contributed by atoms with Crippen LogP contribution in [0.5, 0.6) is 0 Å². The zero-order valence-electron chi connectivity index (χ0n) is 16.8. The van der Waals surface area contributed by atoms with Crippen LogP contribution in [0.2, 0.25) is 0 Å². The van der Waals surface area contributed by atoms with E-state index < -0.39 is 23.5 Å². The molecule has 1 N–H and O–H groups in total. The highest BCUT2D eigenvalue weighted by Gasteiger charge is 2.46. The number of hydrogen-bond donors (Lipinski definition) is 1. The summed E-state index contributed by atoms with van der Waals surface area (Å²) in [5, 5.41) is 11.0. The molecule has 0 aliphatic carbocycles. The first-order valence-corrected chi connectivity index (χ1v) is 10.8. The summed E-state index contributed by atoms with van der Waals surface area (Å²) in [5.41, 5.74) is 0.829. The van der Waals surface area contributed by atoms with E-state index in [-0.39, 0.29) is 17.9 Å². The van der Waals surface area contributed by atoms with Crippen LogP contribution in [0.25, 0.3) is 5.76 Å². The van der Waals surface area contributed by atoms with Gasteiger partial charge in [0.1, 0.15) is 11.6 Å². The molecule has 0 aromatic heterocycles. The lowest BCUT2D eigenvalue weighted by Crippen LogP contribution is -2.42. The van der Waals surface area contributed by atoms with E-state index in [4.69, 9.17) is 4.74 Å². The number of aliphatic hydroxyl groups is 1. The van der Waals surface area contributed by atoms with E-state index in [2.05, 4.69) is 20.8 Å². The molecule has 2 aromatic rings. The van der Waals surface area contributed by atoms with Crippen LogP contribution in [0.4, 0.5) is 4.39 Å². The number of amides is 1. The standard InChI is InChI=1S/C23H22BrFN2O4/c24-17-6-4-15(5-7-17)21(28)19-20(16-2-1-3-18(25)14-16)27(23(30)22(19)29)9-8-26-10-12-31-13-11-26/h1-7,14,20,28H,8-13H2/b21-19-. The van der Waals surface area contributed by atoms with E-state index in [1.54, 1.807) is 30.3 Å². The molecule has 0 radical (unpaired) electrons. The smallest absolute Gasteiger partial charge is 0.295 e. The molecule has 162 valence electrons. The van der Waals surface area contributed by atoms with Gasteiger partial charge in [-0.25, -0.2) is 4.39 Å². The van der Waals surface area contributed by atoms with E-state index >= 15 is 0 Å². The fourth-order valence-electron chi connectivity index (χ4n) is 3.97. The molecule has 2 aliphatic heterocycles. The third-order valence-electron chi connectivity index (χ3n) is 5.58. The molecular weight excluding hydrogens is 467 g/mol. The summed E-state index contributed by atoms with van der Waals surface area (Å²) < 4.78 is 20.2. The number of benzene rings is 2. The van der Waals surface area contributed by atoms with Crippen LogP contribution in [-0.2, 0) is 14.3 Å². The Balaban J connectivity index is 1.73. The highest BCUT2D eigenvalue weighted by atomic mass is 79.9. The number of nitrogens with zero attached hydrogens (tertiary/aromatic N) is 2. The van der Waals surface area contributed by atoms with Crippen LogP contribution >= 0.6 is 15.9 Å². The molecule has 1 atom stereocenters. The maximum atomic E-state index is 14.0. The number of aliphatic hydroxyl groups excluding tert-OH is 1. The van der Waals surface area contributed by atoms with Crippen LogP contribution in [0.1, 0.15) is 17.2 Å². The number of ketones is 1. The monoisotopic (exact) mass is 488 g/mol. The number of carbonyl (C=O) groups is 2. The van der Waals surface area contributed by atoms with Crippen LogP contribution in [0.15, 0.2) is 58.6 Å². The maximum Gasteiger partial charge on any atom is 0.295 e. The Kier molecular flexibility index (Phi) is 6.50. The number of likely N-dealkylation sites (tertiary alicyclic amines) is 1. The topological polar surface area (TPSA) is 70.1 Å². The number of carbonyl (C=O) groups excluding carboxylic acids is 2. The lowest BCUT2D eigenvalue weighted by atomic mass is 9.95. The first kappa shape index (κ1) is 21.7. The van der Waals surface area contributed by atoms with Crippen LogP contribution in [0, 0.1) is 5.82 Å². The number of Topliss-reactive ketones (excluding diaryl/α,β-unsaturated/α-hetero) is 1. The molecule has 4 rings (SSSR count). The predicted octanol–water partition coefficient (Wildman–Crippen LogP) is 3.34. The third kappa shape index (κ3) is 4.56. The van der Waals surface area contributed by atoms with Gasteiger partial charge in [0.15, 0.2) is 0 Å². The molecule has 8 heteroatoms. The average molecular weight is 489 g/mol. The fourth-order valence-corrected chi connectivity index (χ4v) is 4.24. The molecule has 0 bridgehead atoms. The highest BCUT2D eigenvalue weighted by Crippen LogP contribution is 2.39. The van der Waals surface area contributed by atoms with Gasteiger partial charge in [0.2, 0.25) is 0 Å². The molecule has 2 heterocycles. The first-order chi connectivity index (χ1) is 15.0. The minimum absolute atomic E-state index is 0.0279. The molecule has 1 amide bonds. The second-order valence-electron chi connectivity index (χ2n) is 7.51. The Morgan fingerprint density at radius 2 is 1.81 bits per heavy atom. The maximum absolute atomic E-state index is 14.0. The van der Waals surface area contributed by atoms with Crippen molar-refractivity contribution < 1.29 is 23.8 Å². The minimum Gasteiger partial charge on any atom is -0.507 e. The van der Waals surface area contributed by atoms with Crippen molar-refractivity contribution in [2.75, 3.05) is 39.4 Å². The lowest BCUT2D eigenvalue weighted by molar-refractivity contribution is -0.140. The van der Waals surface area contributed by atoms with Gasteiger partial charge in [0.05, 0.1) is 24.8 Å². The molecule has 2 fully saturated rings. The van der Waals surface area contributed by atoms with Gasteiger partial charge in [0.25, 0.3) is 11.7 Å². The molecule has 0 spiro atoms. The van der Waals surface area contributed by atoms with Crippen molar-refractivity contribution in [1.29, 1.82) is 0 Å². The van der Waals surface area contributed by atoms with Crippen molar-refractivity contribution in [3.63, 3.8) is 0 Å². The number of halogens is 2. The van der Waals surface area contributed by atoms with Gasteiger partial charge in [-0.05, 0) is 29.8 Å². The van der Waals surface area contributed by atoms with Crippen LogP contribution in [-0.4, -0.2) is 66.0 Å². The highest BCUT2D eigenvalue weighted by molar-refractivity contribution is 9.10. The second kappa shape index (κ2) is 9.30. The zero-order valence-corrected chi connectivity index (χ0v) is 18.3. The molecule has 2 aliphatic rings. The molecule has 2 aromatic carbocycles. The summed E-state index contributed by atoms with van der Waals surface area (Å²) in [6, 6.07) is 11.7. The molecule has 0 saturated carbocycles. The van der Waals surface area contributed by atoms with Crippen molar-refractivity contribution >= 4 is 33.4 Å². The number of ether oxygens (including phenoxy) is 1. The SMILES string of the molecule is O=C1C(=O)N(CCN2CCOCC2)C(c2cccc(F)c2)/C1=C(/O)c1ccc(Br)cc1. The van der Waals surface area contributed by atoms with Gasteiger partial charge in [-0.1, -0.05) is 40.2 Å². The van der Waals surface area contributed by atoms with Crippen LogP contribution < -0.4 is 0 Å². The van der Waals surface area contributed by atoms with E-state index in [0.717, 1.165) is 17.6 Å². The minimum atomic E-state index is -0.861. The van der Waals surface area contributed by atoms with Gasteiger partial charge >= 0.3 is 0 Å². The Bertz CT molecular complexity index is 1020. The van der Waals surface area contributed by atoms with E-state index in [1.165, 1.54) is 23.1 Å².